The van der Waals surface area contributed by atoms with Crippen LogP contribution >= 0.6 is 0 Å². The van der Waals surface area contributed by atoms with Crippen molar-refractivity contribution in [1.82, 2.24) is 15.0 Å². The van der Waals surface area contributed by atoms with Crippen molar-refractivity contribution in [3.05, 3.63) is 126 Å². The molecule has 0 aliphatic rings. The third-order valence-corrected chi connectivity index (χ3v) is 5.85. The molecule has 9 nitrogen and oxygen atoms in total. The van der Waals surface area contributed by atoms with Gasteiger partial charge in [-0.15, -0.1) is 0 Å². The number of hydrogen-bond acceptors (Lipinski definition) is 9. The van der Waals surface area contributed by atoms with Crippen molar-refractivity contribution in [3.63, 3.8) is 0 Å². The molecule has 0 aliphatic carbocycles. The van der Waals surface area contributed by atoms with E-state index in [1.54, 1.807) is 82.6 Å². The fraction of sp³-hybridized carbons (Fsp3) is 0. The predicted octanol–water partition coefficient (Wildman–Crippen LogP) is 6.30. The zero-order chi connectivity index (χ0) is 27.9. The highest BCUT2D eigenvalue weighted by Crippen LogP contribution is 2.37. The lowest BCUT2D eigenvalue weighted by Crippen LogP contribution is -2.17. The fourth-order valence-electron chi connectivity index (χ4n) is 4.07. The van der Waals surface area contributed by atoms with Gasteiger partial charge in [-0.3, -0.25) is 9.80 Å². The van der Waals surface area contributed by atoms with Gasteiger partial charge >= 0.3 is 0 Å². The summed E-state index contributed by atoms with van der Waals surface area (Å²) in [7, 11) is 0. The quantitative estimate of drug-likeness (QED) is 0.255. The Kier molecular flexibility index (Phi) is 7.05. The Morgan fingerprint density at radius 3 is 1.27 bits per heavy atom. The van der Waals surface area contributed by atoms with Gasteiger partial charge in [-0.25, -0.2) is 15.0 Å². The molecule has 5 rings (SSSR count). The van der Waals surface area contributed by atoms with Crippen molar-refractivity contribution < 1.29 is 0 Å². The highest BCUT2D eigenvalue weighted by molar-refractivity contribution is 5.78. The van der Waals surface area contributed by atoms with Gasteiger partial charge in [0.25, 0.3) is 0 Å². The van der Waals surface area contributed by atoms with E-state index in [1.165, 1.54) is 12.4 Å². The number of anilines is 6. The highest BCUT2D eigenvalue weighted by atomic mass is 15.3. The largest absolute Gasteiger partial charge is 0.279 e. The van der Waals surface area contributed by atoms with Gasteiger partial charge in [0.1, 0.15) is 23.3 Å². The highest BCUT2D eigenvalue weighted by Gasteiger charge is 2.21. The van der Waals surface area contributed by atoms with Crippen LogP contribution in [0.4, 0.5) is 34.6 Å². The Morgan fingerprint density at radius 2 is 0.850 bits per heavy atom. The number of benzene rings is 2. The summed E-state index contributed by atoms with van der Waals surface area (Å²) >= 11 is 0. The number of nitriles is 4. The molecule has 0 radical (unpaired) electrons. The molecule has 9 heteroatoms. The fourth-order valence-corrected chi connectivity index (χ4v) is 4.07. The zero-order valence-corrected chi connectivity index (χ0v) is 20.8. The first-order chi connectivity index (χ1) is 19.6. The van der Waals surface area contributed by atoms with E-state index in [4.69, 9.17) is 4.98 Å². The predicted molar refractivity (Wildman–Crippen MR) is 148 cm³/mol. The van der Waals surface area contributed by atoms with Crippen LogP contribution in [0, 0.1) is 45.3 Å². The van der Waals surface area contributed by atoms with Crippen molar-refractivity contribution in [3.8, 4) is 24.3 Å². The second kappa shape index (κ2) is 11.2. The molecule has 0 saturated carbocycles. The number of aromatic nitrogens is 3. The molecule has 0 bridgehead atoms. The number of nitrogens with zero attached hydrogens (tertiary/aromatic N) is 9. The van der Waals surface area contributed by atoms with Crippen LogP contribution in [0.15, 0.2) is 103 Å². The van der Waals surface area contributed by atoms with Crippen LogP contribution in [0.5, 0.6) is 0 Å². The summed E-state index contributed by atoms with van der Waals surface area (Å²) in [5.41, 5.74) is 2.96. The minimum Gasteiger partial charge on any atom is -0.279 e. The maximum Gasteiger partial charge on any atom is 0.141 e. The maximum absolute atomic E-state index is 9.52. The molecule has 0 spiro atoms. The molecule has 0 fully saturated rings. The second-order valence-corrected chi connectivity index (χ2v) is 8.38. The van der Waals surface area contributed by atoms with Gasteiger partial charge in [0, 0.05) is 12.4 Å². The summed E-state index contributed by atoms with van der Waals surface area (Å²) in [4.78, 5) is 17.4. The van der Waals surface area contributed by atoms with Crippen molar-refractivity contribution in [1.29, 1.82) is 21.0 Å². The molecule has 2 aromatic carbocycles. The summed E-state index contributed by atoms with van der Waals surface area (Å²) in [5.74, 6) is 1.77. The van der Waals surface area contributed by atoms with E-state index in [1.807, 2.05) is 18.2 Å². The SMILES string of the molecule is N#Cc1cccc(N(c2cc(C#N)ccn2)c2cccc(N(c3cccc(C#N)c3)c3cc(C#N)ccn3)n2)c1. The first-order valence-corrected chi connectivity index (χ1v) is 11.9. The minimum absolute atomic E-state index is 0.412. The van der Waals surface area contributed by atoms with Gasteiger partial charge in [-0.1, -0.05) is 18.2 Å². The Morgan fingerprint density at radius 1 is 0.450 bits per heavy atom. The standard InChI is InChI=1S/C31H17N9/c32-18-22-4-1-6-26(14-22)39(30-16-24(20-34)10-12-36-30)28-8-3-9-29(38-28)40(27-7-2-5-23(15-27)19-33)31-17-25(21-35)11-13-37-31/h1-17H. The van der Waals surface area contributed by atoms with Crippen LogP contribution in [-0.4, -0.2) is 15.0 Å². The normalized spacial score (nSPS) is 9.90. The van der Waals surface area contributed by atoms with Crippen LogP contribution in [0.3, 0.4) is 0 Å². The number of pyridine rings is 3. The van der Waals surface area contributed by atoms with Gasteiger partial charge in [0.15, 0.2) is 0 Å². The van der Waals surface area contributed by atoms with Crippen molar-refractivity contribution in [2.24, 2.45) is 0 Å². The molecule has 40 heavy (non-hydrogen) atoms. The summed E-state index contributed by atoms with van der Waals surface area (Å²) in [5, 5.41) is 38.1. The number of rotatable bonds is 6. The molecule has 3 aromatic heterocycles. The van der Waals surface area contributed by atoms with Gasteiger partial charge in [0.2, 0.25) is 0 Å². The van der Waals surface area contributed by atoms with E-state index in [0.717, 1.165) is 0 Å². The average molecular weight is 516 g/mol. The second-order valence-electron chi connectivity index (χ2n) is 8.38. The van der Waals surface area contributed by atoms with Crippen LogP contribution in [-0.2, 0) is 0 Å². The summed E-state index contributed by atoms with van der Waals surface area (Å²) in [6.45, 7) is 0. The van der Waals surface area contributed by atoms with E-state index in [2.05, 4.69) is 34.2 Å². The van der Waals surface area contributed by atoms with Crippen LogP contribution in [0.1, 0.15) is 22.3 Å². The lowest BCUT2D eigenvalue weighted by Gasteiger charge is -2.27. The van der Waals surface area contributed by atoms with E-state index >= 15 is 0 Å². The smallest absolute Gasteiger partial charge is 0.141 e. The Balaban J connectivity index is 1.72. The molecule has 0 atom stereocenters. The van der Waals surface area contributed by atoms with Crippen molar-refractivity contribution in [2.75, 3.05) is 9.80 Å². The topological polar surface area (TPSA) is 140 Å². The van der Waals surface area contributed by atoms with E-state index < -0.39 is 0 Å². The van der Waals surface area contributed by atoms with Gasteiger partial charge in [-0.2, -0.15) is 21.0 Å². The van der Waals surface area contributed by atoms with Crippen molar-refractivity contribution in [2.45, 2.75) is 0 Å². The molecule has 0 saturated heterocycles. The molecule has 186 valence electrons. The molecular formula is C31H17N9. The van der Waals surface area contributed by atoms with E-state index in [9.17, 15) is 21.0 Å². The zero-order valence-electron chi connectivity index (χ0n) is 20.8. The molecule has 0 N–H and O–H groups in total. The molecule has 0 amide bonds. The van der Waals surface area contributed by atoms with Crippen molar-refractivity contribution >= 4 is 34.6 Å². The molecular weight excluding hydrogens is 498 g/mol. The summed E-state index contributed by atoms with van der Waals surface area (Å²) in [6.07, 6.45) is 3.08. The third-order valence-electron chi connectivity index (χ3n) is 5.85. The summed E-state index contributed by atoms with van der Waals surface area (Å²) < 4.78 is 0. The van der Waals surface area contributed by atoms with Gasteiger partial charge in [0.05, 0.1) is 57.9 Å². The lowest BCUT2D eigenvalue weighted by molar-refractivity contribution is 1.08. The van der Waals surface area contributed by atoms with Gasteiger partial charge < -0.3 is 0 Å². The number of hydrogen-bond donors (Lipinski definition) is 0. The summed E-state index contributed by atoms with van der Waals surface area (Å²) in [6, 6.07) is 34.4. The minimum atomic E-state index is 0.412. The maximum atomic E-state index is 9.52. The molecule has 0 aliphatic heterocycles. The Bertz CT molecular complexity index is 1640. The first kappa shape index (κ1) is 25.1. The van der Waals surface area contributed by atoms with Crippen LogP contribution < -0.4 is 9.80 Å². The van der Waals surface area contributed by atoms with Gasteiger partial charge in [-0.05, 0) is 72.8 Å². The van der Waals surface area contributed by atoms with E-state index in [0.29, 0.717) is 56.9 Å². The Labute approximate surface area is 230 Å². The van der Waals surface area contributed by atoms with Crippen LogP contribution in [0.2, 0.25) is 0 Å². The third kappa shape index (κ3) is 5.12. The van der Waals surface area contributed by atoms with Crippen LogP contribution in [0.25, 0.3) is 0 Å². The molecule has 0 unspecified atom stereocenters. The molecule has 3 heterocycles. The monoisotopic (exact) mass is 515 g/mol. The molecule has 5 aromatic rings. The first-order valence-electron chi connectivity index (χ1n) is 11.9. The lowest BCUT2D eigenvalue weighted by atomic mass is 10.1. The Hall–Kier alpha value is -6.55. The van der Waals surface area contributed by atoms with E-state index in [-0.39, 0.29) is 0 Å². The average Bonchev–Trinajstić information content (AvgIpc) is 3.02.